The van der Waals surface area contributed by atoms with E-state index >= 15 is 0 Å². The van der Waals surface area contributed by atoms with Crippen LogP contribution in [0.4, 0.5) is 26.3 Å². The fraction of sp³-hybridized carbons (Fsp3) is 0.409. The zero-order valence-electron chi connectivity index (χ0n) is 18.5. The largest absolute Gasteiger partial charge is 0.488 e. The second kappa shape index (κ2) is 10.1. The highest BCUT2D eigenvalue weighted by atomic mass is 32.2. The second-order valence-corrected chi connectivity index (χ2v) is 10.2. The van der Waals surface area contributed by atoms with Crippen molar-refractivity contribution in [2.24, 2.45) is 4.40 Å². The number of benzene rings is 2. The van der Waals surface area contributed by atoms with Gasteiger partial charge in [0.25, 0.3) is 0 Å². The van der Waals surface area contributed by atoms with Gasteiger partial charge in [0.05, 0.1) is 16.6 Å². The predicted octanol–water partition coefficient (Wildman–Crippen LogP) is 6.29. The van der Waals surface area contributed by atoms with Crippen molar-refractivity contribution in [1.82, 2.24) is 0 Å². The van der Waals surface area contributed by atoms with E-state index in [2.05, 4.69) is 9.13 Å². The molecule has 0 saturated carbocycles. The smallest absolute Gasteiger partial charge is 0.461 e. The van der Waals surface area contributed by atoms with Gasteiger partial charge in [0.1, 0.15) is 22.6 Å². The van der Waals surface area contributed by atoms with Gasteiger partial charge in [0, 0.05) is 17.2 Å². The third-order valence-electron chi connectivity index (χ3n) is 3.92. The zero-order chi connectivity index (χ0) is 25.1. The molecule has 0 unspecified atom stereocenters. The molecule has 2 aromatic rings. The SMILES string of the molecule is CC(C)Oc1cc(C(=N[S@](=O)C(C)(C)C)c2cc(F)cc(OC(F)(F)C(F)F)c2)ccc1F. The molecular formula is C22H23F6NO3S. The Balaban J connectivity index is 2.68. The van der Waals surface area contributed by atoms with Crippen LogP contribution in [-0.2, 0) is 11.0 Å². The first-order chi connectivity index (χ1) is 15.1. The summed E-state index contributed by atoms with van der Waals surface area (Å²) in [6, 6.07) is 5.75. The quantitative estimate of drug-likeness (QED) is 0.320. The molecule has 4 nitrogen and oxygen atoms in total. The van der Waals surface area contributed by atoms with Crippen molar-refractivity contribution in [3.8, 4) is 11.5 Å². The van der Waals surface area contributed by atoms with E-state index in [4.69, 9.17) is 4.74 Å². The Labute approximate surface area is 190 Å². The minimum Gasteiger partial charge on any atom is -0.488 e. The molecule has 0 spiro atoms. The van der Waals surface area contributed by atoms with Crippen LogP contribution < -0.4 is 9.47 Å². The Morgan fingerprint density at radius 3 is 2.18 bits per heavy atom. The van der Waals surface area contributed by atoms with E-state index < -0.39 is 51.8 Å². The van der Waals surface area contributed by atoms with Crippen LogP contribution in [0, 0.1) is 11.6 Å². The number of nitrogens with zero attached hydrogens (tertiary/aromatic N) is 1. The lowest BCUT2D eigenvalue weighted by molar-refractivity contribution is -0.253. The Kier molecular flexibility index (Phi) is 8.21. The van der Waals surface area contributed by atoms with Crippen molar-refractivity contribution < 1.29 is 40.0 Å². The van der Waals surface area contributed by atoms with Crippen molar-refractivity contribution in [2.75, 3.05) is 0 Å². The third kappa shape index (κ3) is 7.21. The fourth-order valence-corrected chi connectivity index (χ4v) is 3.10. The third-order valence-corrected chi connectivity index (χ3v) is 5.31. The van der Waals surface area contributed by atoms with Gasteiger partial charge in [-0.1, -0.05) is 0 Å². The first kappa shape index (κ1) is 26.7. The Morgan fingerprint density at radius 2 is 1.64 bits per heavy atom. The van der Waals surface area contributed by atoms with E-state index in [-0.39, 0.29) is 22.6 Å². The highest BCUT2D eigenvalue weighted by Crippen LogP contribution is 2.30. The van der Waals surface area contributed by atoms with Gasteiger partial charge < -0.3 is 9.47 Å². The summed E-state index contributed by atoms with van der Waals surface area (Å²) >= 11 is 0. The van der Waals surface area contributed by atoms with Crippen molar-refractivity contribution in [3.05, 3.63) is 59.2 Å². The molecule has 1 atom stereocenters. The highest BCUT2D eigenvalue weighted by Gasteiger charge is 2.44. The van der Waals surface area contributed by atoms with E-state index in [1.54, 1.807) is 34.6 Å². The summed E-state index contributed by atoms with van der Waals surface area (Å²) in [7, 11) is -1.91. The summed E-state index contributed by atoms with van der Waals surface area (Å²) in [5.74, 6) is -2.87. The van der Waals surface area contributed by atoms with Crippen LogP contribution in [0.5, 0.6) is 11.5 Å². The maximum absolute atomic E-state index is 14.2. The van der Waals surface area contributed by atoms with E-state index in [9.17, 15) is 30.6 Å². The van der Waals surface area contributed by atoms with Gasteiger partial charge in [-0.05, 0) is 65.0 Å². The summed E-state index contributed by atoms with van der Waals surface area (Å²) in [5.41, 5.74) is -0.238. The molecule has 33 heavy (non-hydrogen) atoms. The van der Waals surface area contributed by atoms with Crippen molar-refractivity contribution in [3.63, 3.8) is 0 Å². The number of rotatable bonds is 8. The highest BCUT2D eigenvalue weighted by molar-refractivity contribution is 7.85. The van der Waals surface area contributed by atoms with Gasteiger partial charge in [0.15, 0.2) is 11.6 Å². The van der Waals surface area contributed by atoms with Gasteiger partial charge in [-0.15, -0.1) is 0 Å². The maximum atomic E-state index is 14.2. The molecule has 0 aromatic heterocycles. The molecule has 182 valence electrons. The summed E-state index contributed by atoms with van der Waals surface area (Å²) in [6.45, 7) is 8.17. The molecule has 0 radical (unpaired) electrons. The molecule has 0 bridgehead atoms. The lowest BCUT2D eigenvalue weighted by atomic mass is 10.0. The van der Waals surface area contributed by atoms with E-state index in [0.717, 1.165) is 18.2 Å². The zero-order valence-corrected chi connectivity index (χ0v) is 19.3. The molecular weight excluding hydrogens is 472 g/mol. The summed E-state index contributed by atoms with van der Waals surface area (Å²) in [4.78, 5) is 0. The summed E-state index contributed by atoms with van der Waals surface area (Å²) in [5, 5.41) is 0. The topological polar surface area (TPSA) is 47.9 Å². The molecule has 0 amide bonds. The molecule has 0 fully saturated rings. The normalized spacial score (nSPS) is 14.0. The number of ether oxygens (including phenoxy) is 2. The van der Waals surface area contributed by atoms with Gasteiger partial charge in [-0.25, -0.2) is 13.0 Å². The van der Waals surface area contributed by atoms with Crippen LogP contribution in [-0.4, -0.2) is 33.3 Å². The molecule has 0 aliphatic carbocycles. The summed E-state index contributed by atoms with van der Waals surface area (Å²) < 4.78 is 106. The second-order valence-electron chi connectivity index (χ2n) is 8.25. The van der Waals surface area contributed by atoms with E-state index in [0.29, 0.717) is 6.07 Å². The Morgan fingerprint density at radius 1 is 1.00 bits per heavy atom. The monoisotopic (exact) mass is 495 g/mol. The standard InChI is InChI=1S/C22H23F6NO3S/c1-12(2)31-18-10-13(6-7-17(18)24)19(29-33(30)21(3,4)5)14-8-15(23)11-16(9-14)32-22(27,28)20(25)26/h6-12,20H,1-5H3/t33-/m1/s1. The number of hydrogen-bond acceptors (Lipinski definition) is 3. The lowest BCUT2D eigenvalue weighted by Crippen LogP contribution is -2.33. The average molecular weight is 495 g/mol. The number of halogens is 6. The van der Waals surface area contributed by atoms with Gasteiger partial charge in [0.2, 0.25) is 0 Å². The first-order valence-electron chi connectivity index (χ1n) is 9.73. The molecule has 0 heterocycles. The van der Waals surface area contributed by atoms with Crippen LogP contribution in [0.25, 0.3) is 0 Å². The average Bonchev–Trinajstić information content (AvgIpc) is 2.65. The maximum Gasteiger partial charge on any atom is 0.461 e. The van der Waals surface area contributed by atoms with Crippen molar-refractivity contribution in [2.45, 2.75) is 58.0 Å². The van der Waals surface area contributed by atoms with E-state index in [1.165, 1.54) is 12.1 Å². The lowest BCUT2D eigenvalue weighted by Gasteiger charge is -2.19. The van der Waals surface area contributed by atoms with Crippen LogP contribution >= 0.6 is 0 Å². The molecule has 0 N–H and O–H groups in total. The molecule has 11 heteroatoms. The van der Waals surface area contributed by atoms with Gasteiger partial charge >= 0.3 is 12.5 Å². The molecule has 0 aliphatic heterocycles. The predicted molar refractivity (Wildman–Crippen MR) is 114 cm³/mol. The van der Waals surface area contributed by atoms with Crippen LogP contribution in [0.2, 0.25) is 0 Å². The minimum absolute atomic E-state index is 0.127. The fourth-order valence-electron chi connectivity index (χ4n) is 2.45. The van der Waals surface area contributed by atoms with Gasteiger partial charge in [-0.3, -0.25) is 0 Å². The van der Waals surface area contributed by atoms with Crippen LogP contribution in [0.3, 0.4) is 0 Å². The van der Waals surface area contributed by atoms with Crippen molar-refractivity contribution in [1.29, 1.82) is 0 Å². The Bertz CT molecular complexity index is 1050. The van der Waals surface area contributed by atoms with Crippen molar-refractivity contribution >= 4 is 16.7 Å². The Hall–Kier alpha value is -2.56. The number of hydrogen-bond donors (Lipinski definition) is 0. The minimum atomic E-state index is -4.87. The molecule has 0 saturated heterocycles. The molecule has 0 aliphatic rings. The summed E-state index contributed by atoms with van der Waals surface area (Å²) in [6.07, 6.45) is -9.42. The molecule has 2 rings (SSSR count). The van der Waals surface area contributed by atoms with E-state index in [1.807, 2.05) is 0 Å². The number of alkyl halides is 4. The van der Waals surface area contributed by atoms with Crippen LogP contribution in [0.1, 0.15) is 45.7 Å². The van der Waals surface area contributed by atoms with Crippen LogP contribution in [0.15, 0.2) is 40.8 Å². The molecule has 2 aromatic carbocycles. The first-order valence-corrected chi connectivity index (χ1v) is 10.8. The van der Waals surface area contributed by atoms with Gasteiger partial charge in [-0.2, -0.15) is 22.0 Å².